The molecule has 4 aliphatic rings. The highest BCUT2D eigenvalue weighted by Crippen LogP contribution is 2.42. The average molecular weight is 359 g/mol. The van der Waals surface area contributed by atoms with Crippen LogP contribution in [0, 0.1) is 18.3 Å². The Bertz CT molecular complexity index is 691. The summed E-state index contributed by atoms with van der Waals surface area (Å²) in [4.78, 5) is 21.3. The molecule has 3 aliphatic heterocycles. The fourth-order valence-corrected chi connectivity index (χ4v) is 5.88. The van der Waals surface area contributed by atoms with E-state index in [0.717, 1.165) is 44.2 Å². The predicted octanol–water partition coefficient (Wildman–Crippen LogP) is 1.73. The molecule has 1 spiro atoms. The van der Waals surface area contributed by atoms with Crippen LogP contribution in [0.3, 0.4) is 0 Å². The molecular formula is C19H29N5O2. The van der Waals surface area contributed by atoms with E-state index in [1.165, 1.54) is 38.6 Å². The molecule has 1 aliphatic carbocycles. The third kappa shape index (κ3) is 2.90. The number of nitrogens with zero attached hydrogens (tertiary/aromatic N) is 4. The average Bonchev–Trinajstić information content (AvgIpc) is 3.23. The first kappa shape index (κ1) is 16.5. The van der Waals surface area contributed by atoms with Crippen LogP contribution >= 0.6 is 0 Å². The minimum Gasteiger partial charge on any atom is -0.356 e. The third-order valence-corrected chi connectivity index (χ3v) is 7.21. The van der Waals surface area contributed by atoms with Crippen molar-refractivity contribution in [3.8, 4) is 0 Å². The van der Waals surface area contributed by atoms with E-state index in [2.05, 4.69) is 25.3 Å². The largest absolute Gasteiger partial charge is 0.356 e. The molecule has 1 aromatic heterocycles. The zero-order valence-electron chi connectivity index (χ0n) is 15.6. The third-order valence-electron chi connectivity index (χ3n) is 7.21. The minimum absolute atomic E-state index is 0.229. The van der Waals surface area contributed by atoms with Crippen LogP contribution in [-0.4, -0.2) is 59.2 Å². The first-order chi connectivity index (χ1) is 12.6. The highest BCUT2D eigenvalue weighted by molar-refractivity contribution is 5.79. The maximum absolute atomic E-state index is 11.7. The van der Waals surface area contributed by atoms with Crippen molar-refractivity contribution in [1.82, 2.24) is 20.4 Å². The molecule has 4 fully saturated rings. The number of nitrogens with one attached hydrogen (secondary N) is 1. The van der Waals surface area contributed by atoms with Crippen molar-refractivity contribution >= 4 is 11.9 Å². The van der Waals surface area contributed by atoms with Gasteiger partial charge in [-0.1, -0.05) is 5.16 Å². The van der Waals surface area contributed by atoms with Gasteiger partial charge in [-0.2, -0.15) is 4.98 Å². The predicted molar refractivity (Wildman–Crippen MR) is 96.8 cm³/mol. The Balaban J connectivity index is 1.25. The van der Waals surface area contributed by atoms with Crippen molar-refractivity contribution < 1.29 is 9.32 Å². The zero-order valence-corrected chi connectivity index (χ0v) is 15.6. The van der Waals surface area contributed by atoms with Crippen LogP contribution in [0.15, 0.2) is 4.52 Å². The molecule has 4 unspecified atom stereocenters. The highest BCUT2D eigenvalue weighted by atomic mass is 16.5. The molecule has 142 valence electrons. The van der Waals surface area contributed by atoms with Gasteiger partial charge in [0.2, 0.25) is 5.91 Å². The van der Waals surface area contributed by atoms with Crippen molar-refractivity contribution in [2.45, 2.75) is 64.0 Å². The molecule has 4 atom stereocenters. The summed E-state index contributed by atoms with van der Waals surface area (Å²) >= 11 is 0. The topological polar surface area (TPSA) is 74.5 Å². The van der Waals surface area contributed by atoms with Gasteiger partial charge in [-0.15, -0.1) is 0 Å². The molecule has 0 aromatic carbocycles. The Labute approximate surface area is 154 Å². The lowest BCUT2D eigenvalue weighted by atomic mass is 9.80. The van der Waals surface area contributed by atoms with Gasteiger partial charge in [0.1, 0.15) is 0 Å². The Morgan fingerprint density at radius 2 is 2.08 bits per heavy atom. The molecule has 2 bridgehead atoms. The van der Waals surface area contributed by atoms with E-state index in [9.17, 15) is 4.79 Å². The molecular weight excluding hydrogens is 330 g/mol. The Kier molecular flexibility index (Phi) is 3.95. The van der Waals surface area contributed by atoms with E-state index in [1.807, 2.05) is 6.92 Å². The molecule has 1 amide bonds. The second-order valence-electron chi connectivity index (χ2n) is 9.00. The van der Waals surface area contributed by atoms with Crippen LogP contribution in [0.1, 0.15) is 50.8 Å². The van der Waals surface area contributed by atoms with Crippen LogP contribution in [0.4, 0.5) is 6.01 Å². The van der Waals surface area contributed by atoms with Crippen LogP contribution in [0.25, 0.3) is 0 Å². The fraction of sp³-hybridized carbons (Fsp3) is 0.842. The van der Waals surface area contributed by atoms with Crippen LogP contribution < -0.4 is 10.2 Å². The van der Waals surface area contributed by atoms with E-state index in [0.29, 0.717) is 18.1 Å². The quantitative estimate of drug-likeness (QED) is 0.867. The van der Waals surface area contributed by atoms with Gasteiger partial charge in [0.15, 0.2) is 5.82 Å². The van der Waals surface area contributed by atoms with Crippen molar-refractivity contribution in [1.29, 1.82) is 0 Å². The monoisotopic (exact) mass is 359 g/mol. The number of anilines is 1. The molecule has 1 N–H and O–H groups in total. The van der Waals surface area contributed by atoms with Gasteiger partial charge < -0.3 is 19.6 Å². The summed E-state index contributed by atoms with van der Waals surface area (Å²) < 4.78 is 5.44. The molecule has 0 radical (unpaired) electrons. The lowest BCUT2D eigenvalue weighted by molar-refractivity contribution is -0.119. The van der Waals surface area contributed by atoms with E-state index >= 15 is 0 Å². The first-order valence-electron chi connectivity index (χ1n) is 10.2. The standard InChI is InChI=1S/C19H29N5O2/c1-13-21-18(26-22-13)24-11-14-7-15(9-16(24)8-14)23-5-2-3-19(4-6-23)10-17(25)20-12-19/h14-16H,2-12H2,1H3,(H,20,25). The second kappa shape index (κ2) is 6.22. The number of likely N-dealkylation sites (tertiary alicyclic amines) is 1. The number of carbonyl (C=O) groups is 1. The zero-order chi connectivity index (χ0) is 17.7. The van der Waals surface area contributed by atoms with Gasteiger partial charge in [0.25, 0.3) is 0 Å². The summed E-state index contributed by atoms with van der Waals surface area (Å²) in [5.74, 6) is 1.70. The van der Waals surface area contributed by atoms with Crippen molar-refractivity contribution in [3.05, 3.63) is 5.82 Å². The number of carbonyl (C=O) groups excluding carboxylic acids is 1. The van der Waals surface area contributed by atoms with E-state index in [4.69, 9.17) is 4.52 Å². The van der Waals surface area contributed by atoms with Crippen molar-refractivity contribution in [3.63, 3.8) is 0 Å². The Morgan fingerprint density at radius 1 is 1.19 bits per heavy atom. The van der Waals surface area contributed by atoms with Crippen LogP contribution in [0.5, 0.6) is 0 Å². The number of hydrogen-bond acceptors (Lipinski definition) is 6. The summed E-state index contributed by atoms with van der Waals surface area (Å²) in [6, 6.07) is 1.90. The normalized spacial score (nSPS) is 38.0. The smallest absolute Gasteiger partial charge is 0.324 e. The Morgan fingerprint density at radius 3 is 2.85 bits per heavy atom. The molecule has 7 nitrogen and oxygen atoms in total. The van der Waals surface area contributed by atoms with Gasteiger partial charge in [0, 0.05) is 31.6 Å². The van der Waals surface area contributed by atoms with Crippen molar-refractivity contribution in [2.24, 2.45) is 11.3 Å². The van der Waals surface area contributed by atoms with Gasteiger partial charge in [0.05, 0.1) is 0 Å². The maximum atomic E-state index is 11.7. The van der Waals surface area contributed by atoms with Gasteiger partial charge in [-0.05, 0) is 69.9 Å². The number of aryl methyl sites for hydroxylation is 1. The number of amides is 1. The SMILES string of the molecule is Cc1noc(N2CC3CC(N4CCCC5(CC4)CNC(=O)C5)CC2C3)n1. The highest BCUT2D eigenvalue weighted by Gasteiger charge is 2.45. The number of hydrogen-bond donors (Lipinski definition) is 1. The lowest BCUT2D eigenvalue weighted by Gasteiger charge is -2.37. The summed E-state index contributed by atoms with van der Waals surface area (Å²) in [5.41, 5.74) is 0.229. The fourth-order valence-electron chi connectivity index (χ4n) is 5.88. The number of rotatable bonds is 2. The van der Waals surface area contributed by atoms with Gasteiger partial charge in [-0.25, -0.2) is 0 Å². The Hall–Kier alpha value is -1.63. The number of aromatic nitrogens is 2. The number of fused-ring (bicyclic) bond motifs is 2. The summed E-state index contributed by atoms with van der Waals surface area (Å²) in [5, 5.41) is 7.04. The molecule has 3 saturated heterocycles. The molecule has 5 rings (SSSR count). The first-order valence-corrected chi connectivity index (χ1v) is 10.2. The van der Waals surface area contributed by atoms with E-state index in [1.54, 1.807) is 0 Å². The maximum Gasteiger partial charge on any atom is 0.324 e. The van der Waals surface area contributed by atoms with Crippen LogP contribution in [-0.2, 0) is 4.79 Å². The lowest BCUT2D eigenvalue weighted by Crippen LogP contribution is -2.43. The molecule has 4 heterocycles. The van der Waals surface area contributed by atoms with Crippen molar-refractivity contribution in [2.75, 3.05) is 31.1 Å². The summed E-state index contributed by atoms with van der Waals surface area (Å²) in [6.45, 7) is 6.14. The second-order valence-corrected chi connectivity index (χ2v) is 9.00. The van der Waals surface area contributed by atoms with Crippen LogP contribution in [0.2, 0.25) is 0 Å². The minimum atomic E-state index is 0.229. The molecule has 26 heavy (non-hydrogen) atoms. The molecule has 1 saturated carbocycles. The van der Waals surface area contributed by atoms with Gasteiger partial charge in [-0.3, -0.25) is 4.79 Å². The van der Waals surface area contributed by atoms with E-state index < -0.39 is 0 Å². The summed E-state index contributed by atoms with van der Waals surface area (Å²) in [7, 11) is 0. The molecule has 7 heteroatoms. The van der Waals surface area contributed by atoms with Gasteiger partial charge >= 0.3 is 6.01 Å². The molecule has 1 aromatic rings. The van der Waals surface area contributed by atoms with E-state index in [-0.39, 0.29) is 11.3 Å². The summed E-state index contributed by atoms with van der Waals surface area (Å²) in [6.07, 6.45) is 8.04.